The largest absolute Gasteiger partial charge is 0.478 e. The lowest BCUT2D eigenvalue weighted by atomic mass is 9.93. The van der Waals surface area contributed by atoms with E-state index in [0.717, 1.165) is 29.1 Å². The Morgan fingerprint density at radius 2 is 1.97 bits per heavy atom. The van der Waals surface area contributed by atoms with Gasteiger partial charge in [-0.3, -0.25) is 9.20 Å². The quantitative estimate of drug-likeness (QED) is 0.537. The minimum absolute atomic E-state index is 0.0316. The minimum atomic E-state index is -1.07. The van der Waals surface area contributed by atoms with Gasteiger partial charge in [-0.1, -0.05) is 20.8 Å². The second-order valence-corrected chi connectivity index (χ2v) is 10.5. The zero-order chi connectivity index (χ0) is 24.5. The molecule has 1 aliphatic heterocycles. The number of aliphatic carboxylic acids is 1. The highest BCUT2D eigenvalue weighted by atomic mass is 32.1. The van der Waals surface area contributed by atoms with Gasteiger partial charge < -0.3 is 14.7 Å². The molecule has 4 heterocycles. The molecule has 8 nitrogen and oxygen atoms in total. The van der Waals surface area contributed by atoms with Gasteiger partial charge in [0.15, 0.2) is 0 Å². The molecule has 1 fully saturated rings. The fraction of sp³-hybridized carbons (Fsp3) is 0.440. The number of fused-ring (bicyclic) bond motifs is 1. The fourth-order valence-electron chi connectivity index (χ4n) is 3.78. The number of rotatable bonds is 6. The van der Waals surface area contributed by atoms with E-state index >= 15 is 0 Å². The van der Waals surface area contributed by atoms with Crippen molar-refractivity contribution in [2.45, 2.75) is 46.0 Å². The molecule has 3 aromatic heterocycles. The lowest BCUT2D eigenvalue weighted by Crippen LogP contribution is -2.38. The predicted octanol–water partition coefficient (Wildman–Crippen LogP) is 3.56. The molecular weight excluding hydrogens is 452 g/mol. The van der Waals surface area contributed by atoms with Gasteiger partial charge in [0.25, 0.3) is 5.56 Å². The van der Waals surface area contributed by atoms with Gasteiger partial charge in [0, 0.05) is 42.1 Å². The molecule has 0 bridgehead atoms. The molecule has 9 heteroatoms. The van der Waals surface area contributed by atoms with Crippen molar-refractivity contribution in [1.29, 1.82) is 0 Å². The molecule has 0 unspecified atom stereocenters. The molecule has 0 amide bonds. The van der Waals surface area contributed by atoms with Gasteiger partial charge in [0.2, 0.25) is 0 Å². The smallest absolute Gasteiger partial charge is 0.331 e. The van der Waals surface area contributed by atoms with Crippen LogP contribution in [0.1, 0.15) is 49.5 Å². The van der Waals surface area contributed by atoms with Gasteiger partial charge in [0.1, 0.15) is 11.5 Å². The average molecular weight is 483 g/mol. The maximum absolute atomic E-state index is 13.4. The first kappa shape index (κ1) is 24.1. The highest BCUT2D eigenvalue weighted by Crippen LogP contribution is 2.25. The van der Waals surface area contributed by atoms with Crippen LogP contribution in [0.25, 0.3) is 11.7 Å². The molecule has 1 N–H and O–H groups in total. The molecule has 0 aromatic carbocycles. The Balaban J connectivity index is 1.69. The van der Waals surface area contributed by atoms with E-state index in [2.05, 4.69) is 26.2 Å². The Bertz CT molecular complexity index is 1300. The van der Waals surface area contributed by atoms with Crippen LogP contribution in [-0.2, 0) is 27.8 Å². The second-order valence-electron chi connectivity index (χ2n) is 9.53. The van der Waals surface area contributed by atoms with Gasteiger partial charge in [-0.05, 0) is 37.1 Å². The lowest BCUT2D eigenvalue weighted by Gasteiger charge is -2.29. The van der Waals surface area contributed by atoms with E-state index in [0.29, 0.717) is 37.8 Å². The molecule has 0 radical (unpaired) electrons. The summed E-state index contributed by atoms with van der Waals surface area (Å²) >= 11 is 1.68. The number of pyridine rings is 1. The third kappa shape index (κ3) is 5.20. The molecule has 34 heavy (non-hydrogen) atoms. The third-order valence-electron chi connectivity index (χ3n) is 5.87. The number of carboxylic acids is 1. The number of ether oxygens (including phenoxy) is 1. The highest BCUT2D eigenvalue weighted by Gasteiger charge is 2.21. The highest BCUT2D eigenvalue weighted by molar-refractivity contribution is 7.09. The summed E-state index contributed by atoms with van der Waals surface area (Å²) in [4.78, 5) is 36.3. The minimum Gasteiger partial charge on any atom is -0.478 e. The Kier molecular flexibility index (Phi) is 6.86. The number of carbonyl (C=O) groups is 1. The predicted molar refractivity (Wildman–Crippen MR) is 134 cm³/mol. The first-order chi connectivity index (χ1) is 16.1. The third-order valence-corrected chi connectivity index (χ3v) is 6.77. The molecule has 1 aliphatic rings. The molecule has 4 rings (SSSR count). The number of anilines is 1. The van der Waals surface area contributed by atoms with Crippen molar-refractivity contribution in [3.05, 3.63) is 61.5 Å². The summed E-state index contributed by atoms with van der Waals surface area (Å²) in [6.07, 6.45) is 4.74. The SMILES string of the molecule is C/C(=C\c1c(N2CCOCC2)nc2cc(CCc3nc(C(C)(C)C)cs3)ccn2c1=O)C(=O)O. The Hall–Kier alpha value is -3.04. The molecule has 3 aromatic rings. The molecule has 0 aliphatic carbocycles. The van der Waals surface area contributed by atoms with Crippen LogP contribution >= 0.6 is 11.3 Å². The fourth-order valence-corrected chi connectivity index (χ4v) is 4.80. The number of aromatic nitrogens is 3. The first-order valence-corrected chi connectivity index (χ1v) is 12.3. The van der Waals surface area contributed by atoms with Crippen LogP contribution in [0.4, 0.5) is 5.82 Å². The monoisotopic (exact) mass is 482 g/mol. The van der Waals surface area contributed by atoms with Crippen molar-refractivity contribution in [1.82, 2.24) is 14.4 Å². The van der Waals surface area contributed by atoms with Crippen LogP contribution in [0.5, 0.6) is 0 Å². The number of carboxylic acid groups (broad SMARTS) is 1. The van der Waals surface area contributed by atoms with E-state index in [1.165, 1.54) is 17.4 Å². The summed E-state index contributed by atoms with van der Waals surface area (Å²) in [5, 5.41) is 12.6. The summed E-state index contributed by atoms with van der Waals surface area (Å²) in [5.74, 6) is -0.564. The van der Waals surface area contributed by atoms with Crippen molar-refractivity contribution in [3.8, 4) is 0 Å². The number of hydrogen-bond donors (Lipinski definition) is 1. The van der Waals surface area contributed by atoms with Crippen molar-refractivity contribution in [2.24, 2.45) is 0 Å². The average Bonchev–Trinajstić information content (AvgIpc) is 3.29. The number of hydrogen-bond acceptors (Lipinski definition) is 7. The summed E-state index contributed by atoms with van der Waals surface area (Å²) in [5.41, 5.74) is 2.83. The van der Waals surface area contributed by atoms with Crippen molar-refractivity contribution < 1.29 is 14.6 Å². The van der Waals surface area contributed by atoms with E-state index < -0.39 is 5.97 Å². The van der Waals surface area contributed by atoms with Crippen molar-refractivity contribution in [3.63, 3.8) is 0 Å². The van der Waals surface area contributed by atoms with E-state index in [9.17, 15) is 14.7 Å². The standard InChI is InChI=1S/C25H30N4O4S/c1-16(24(31)32)13-18-22(28-9-11-33-12-10-28)27-20-14-17(7-8-29(20)23(18)30)5-6-21-26-19(15-34-21)25(2,3)4/h7-8,13-15H,5-6,9-12H2,1-4H3,(H,31,32)/b16-13+. The Morgan fingerprint density at radius 3 is 2.62 bits per heavy atom. The Labute approximate surface area is 202 Å². The second kappa shape index (κ2) is 9.68. The van der Waals surface area contributed by atoms with Crippen LogP contribution in [0.3, 0.4) is 0 Å². The zero-order valence-corrected chi connectivity index (χ0v) is 20.8. The van der Waals surface area contributed by atoms with Crippen molar-refractivity contribution >= 4 is 34.8 Å². The van der Waals surface area contributed by atoms with Crippen LogP contribution in [-0.4, -0.2) is 51.7 Å². The number of nitrogens with zero attached hydrogens (tertiary/aromatic N) is 4. The summed E-state index contributed by atoms with van der Waals surface area (Å²) in [7, 11) is 0. The maximum Gasteiger partial charge on any atom is 0.331 e. The van der Waals surface area contributed by atoms with Crippen molar-refractivity contribution in [2.75, 3.05) is 31.2 Å². The van der Waals surface area contributed by atoms with Gasteiger partial charge in [-0.25, -0.2) is 14.8 Å². The molecular formula is C25H30N4O4S. The van der Waals surface area contributed by atoms with Crippen LogP contribution in [0, 0.1) is 0 Å². The van der Waals surface area contributed by atoms with Gasteiger partial charge in [0.05, 0.1) is 29.5 Å². The topological polar surface area (TPSA) is 97.0 Å². The summed E-state index contributed by atoms with van der Waals surface area (Å²) in [6.45, 7) is 10.2. The van der Waals surface area contributed by atoms with Gasteiger partial charge in [-0.2, -0.15) is 0 Å². The number of thiazole rings is 1. The van der Waals surface area contributed by atoms with E-state index in [1.54, 1.807) is 17.5 Å². The number of morpholine rings is 1. The Morgan fingerprint density at radius 1 is 1.24 bits per heavy atom. The summed E-state index contributed by atoms with van der Waals surface area (Å²) in [6, 6.07) is 3.85. The first-order valence-electron chi connectivity index (χ1n) is 11.4. The summed E-state index contributed by atoms with van der Waals surface area (Å²) < 4.78 is 6.93. The van der Waals surface area contributed by atoms with Crippen LogP contribution in [0.2, 0.25) is 0 Å². The zero-order valence-electron chi connectivity index (χ0n) is 20.0. The normalized spacial score (nSPS) is 15.2. The molecule has 0 atom stereocenters. The molecule has 0 saturated carbocycles. The van der Waals surface area contributed by atoms with Crippen LogP contribution < -0.4 is 10.5 Å². The molecule has 180 valence electrons. The molecule has 0 spiro atoms. The van der Waals surface area contributed by atoms with E-state index in [-0.39, 0.29) is 22.1 Å². The lowest BCUT2D eigenvalue weighted by molar-refractivity contribution is -0.132. The van der Waals surface area contributed by atoms with Gasteiger partial charge >= 0.3 is 5.97 Å². The van der Waals surface area contributed by atoms with Gasteiger partial charge in [-0.15, -0.1) is 11.3 Å². The van der Waals surface area contributed by atoms with Crippen LogP contribution in [0.15, 0.2) is 34.1 Å². The maximum atomic E-state index is 13.4. The number of aryl methyl sites for hydroxylation is 2. The van der Waals surface area contributed by atoms with E-state index in [1.807, 2.05) is 17.0 Å². The van der Waals surface area contributed by atoms with E-state index in [4.69, 9.17) is 14.7 Å². The molecule has 1 saturated heterocycles.